The Hall–Kier alpha value is -1.59. The molecule has 2 rings (SSSR count). The average molecular weight is 243 g/mol. The number of carbonyl (C=O) groups is 2. The largest absolute Gasteiger partial charge is 0.475 e. The summed E-state index contributed by atoms with van der Waals surface area (Å²) in [6.07, 6.45) is 0. The molecule has 0 atom stereocenters. The number of benzene rings is 1. The lowest BCUT2D eigenvalue weighted by Gasteiger charge is -2.18. The first-order valence-corrected chi connectivity index (χ1v) is 4.78. The minimum atomic E-state index is -1.55. The number of aliphatic carboxylic acids is 1. The molecule has 0 fully saturated rings. The van der Waals surface area contributed by atoms with Gasteiger partial charge < -0.3 is 14.6 Å². The number of fused-ring (bicyclic) bond motifs is 1. The number of hydrogen-bond acceptors (Lipinski definition) is 4. The Morgan fingerprint density at radius 2 is 2.12 bits per heavy atom. The van der Waals surface area contributed by atoms with Crippen LogP contribution in [-0.2, 0) is 16.1 Å². The van der Waals surface area contributed by atoms with Crippen molar-refractivity contribution in [3.63, 3.8) is 0 Å². The van der Waals surface area contributed by atoms with Crippen LogP contribution in [0.1, 0.15) is 15.9 Å². The molecule has 0 bridgehead atoms. The third kappa shape index (κ3) is 1.87. The van der Waals surface area contributed by atoms with E-state index in [1.165, 1.54) is 12.1 Å². The molecule has 0 aromatic heterocycles. The van der Waals surface area contributed by atoms with Gasteiger partial charge >= 0.3 is 5.97 Å². The van der Waals surface area contributed by atoms with Gasteiger partial charge in [-0.15, -0.1) is 0 Å². The third-order valence-corrected chi connectivity index (χ3v) is 2.46. The lowest BCUT2D eigenvalue weighted by molar-refractivity contribution is -0.131. The van der Waals surface area contributed by atoms with Crippen LogP contribution in [0.25, 0.3) is 0 Å². The Labute approximate surface area is 95.5 Å². The third-order valence-electron chi connectivity index (χ3n) is 2.14. The zero-order valence-electron chi connectivity index (χ0n) is 8.03. The number of hydrogen-bond donors (Lipinski definition) is 1. The van der Waals surface area contributed by atoms with Crippen LogP contribution >= 0.6 is 11.6 Å². The molecule has 0 unspecified atom stereocenters. The van der Waals surface area contributed by atoms with Crippen molar-refractivity contribution in [1.82, 2.24) is 0 Å². The Kier molecular flexibility index (Phi) is 2.80. The van der Waals surface area contributed by atoms with Crippen molar-refractivity contribution in [2.24, 2.45) is 0 Å². The Morgan fingerprint density at radius 3 is 2.81 bits per heavy atom. The van der Waals surface area contributed by atoms with Gasteiger partial charge in [0.15, 0.2) is 6.79 Å². The van der Waals surface area contributed by atoms with E-state index in [2.05, 4.69) is 0 Å². The number of carbonyl (C=O) groups excluding carboxylic acids is 1. The lowest BCUT2D eigenvalue weighted by Crippen LogP contribution is -2.16. The molecule has 1 aromatic carbocycles. The highest BCUT2D eigenvalue weighted by Crippen LogP contribution is 2.30. The second kappa shape index (κ2) is 4.11. The van der Waals surface area contributed by atoms with Crippen molar-refractivity contribution in [2.75, 3.05) is 6.79 Å². The van der Waals surface area contributed by atoms with E-state index < -0.39 is 11.8 Å². The van der Waals surface area contributed by atoms with Crippen LogP contribution in [0, 0.1) is 0 Å². The normalized spacial score (nSPS) is 13.8. The standard InChI is InChI=1S/C10H7ClO5/c11-7-1-5-3-15-4-16-8(5)2-6(7)9(12)10(13)14/h1-2H,3-4H2,(H,13,14). The zero-order chi connectivity index (χ0) is 11.7. The van der Waals surface area contributed by atoms with Gasteiger partial charge in [-0.05, 0) is 12.1 Å². The van der Waals surface area contributed by atoms with Crippen molar-refractivity contribution in [3.8, 4) is 5.75 Å². The first-order chi connectivity index (χ1) is 7.59. The molecule has 0 aliphatic carbocycles. The molecular weight excluding hydrogens is 236 g/mol. The number of ketones is 1. The van der Waals surface area contributed by atoms with E-state index >= 15 is 0 Å². The summed E-state index contributed by atoms with van der Waals surface area (Å²) in [4.78, 5) is 21.8. The summed E-state index contributed by atoms with van der Waals surface area (Å²) in [5, 5.41) is 8.67. The van der Waals surface area contributed by atoms with Crippen LogP contribution in [0.5, 0.6) is 5.75 Å². The fourth-order valence-corrected chi connectivity index (χ4v) is 1.66. The summed E-state index contributed by atoms with van der Waals surface area (Å²) >= 11 is 5.80. The summed E-state index contributed by atoms with van der Waals surface area (Å²) in [7, 11) is 0. The molecule has 1 aliphatic heterocycles. The first kappa shape index (κ1) is 10.9. The maximum atomic E-state index is 11.3. The summed E-state index contributed by atoms with van der Waals surface area (Å²) in [6, 6.07) is 2.81. The van der Waals surface area contributed by atoms with Gasteiger partial charge in [0, 0.05) is 5.56 Å². The number of carboxylic acids is 1. The highest BCUT2D eigenvalue weighted by molar-refractivity contribution is 6.45. The molecule has 0 radical (unpaired) electrons. The number of Topliss-reactive ketones (excluding diaryl/α,β-unsaturated/α-hetero) is 1. The molecule has 0 amide bonds. The van der Waals surface area contributed by atoms with Crippen LogP contribution in [0.2, 0.25) is 5.02 Å². The molecule has 0 saturated carbocycles. The van der Waals surface area contributed by atoms with Crippen molar-refractivity contribution >= 4 is 23.4 Å². The van der Waals surface area contributed by atoms with E-state index in [4.69, 9.17) is 26.2 Å². The number of halogens is 1. The van der Waals surface area contributed by atoms with Crippen LogP contribution < -0.4 is 4.74 Å². The van der Waals surface area contributed by atoms with Crippen LogP contribution in [-0.4, -0.2) is 23.7 Å². The van der Waals surface area contributed by atoms with E-state index in [1.807, 2.05) is 0 Å². The summed E-state index contributed by atoms with van der Waals surface area (Å²) in [5.41, 5.74) is 0.619. The minimum Gasteiger partial charge on any atom is -0.475 e. The predicted molar refractivity (Wildman–Crippen MR) is 53.7 cm³/mol. The van der Waals surface area contributed by atoms with Crippen molar-refractivity contribution < 1.29 is 24.2 Å². The van der Waals surface area contributed by atoms with E-state index in [0.29, 0.717) is 17.9 Å². The molecule has 1 N–H and O–H groups in total. The molecule has 1 heterocycles. The van der Waals surface area contributed by atoms with Crippen LogP contribution in [0.15, 0.2) is 12.1 Å². The lowest BCUT2D eigenvalue weighted by atomic mass is 10.1. The topological polar surface area (TPSA) is 72.8 Å². The van der Waals surface area contributed by atoms with E-state index in [1.54, 1.807) is 0 Å². The van der Waals surface area contributed by atoms with Gasteiger partial charge in [-0.25, -0.2) is 4.79 Å². The Balaban J connectivity index is 2.47. The number of ether oxygens (including phenoxy) is 2. The second-order valence-electron chi connectivity index (χ2n) is 3.18. The molecule has 1 aromatic rings. The SMILES string of the molecule is O=C(O)C(=O)c1cc2c(cc1Cl)COCO2. The molecule has 84 valence electrons. The van der Waals surface area contributed by atoms with Gasteiger partial charge in [0.25, 0.3) is 5.78 Å². The van der Waals surface area contributed by atoms with Crippen LogP contribution in [0.4, 0.5) is 0 Å². The number of rotatable bonds is 2. The Morgan fingerprint density at radius 1 is 1.38 bits per heavy atom. The quantitative estimate of drug-likeness (QED) is 0.628. The zero-order valence-corrected chi connectivity index (χ0v) is 8.78. The van der Waals surface area contributed by atoms with Gasteiger partial charge in [-0.3, -0.25) is 4.79 Å². The van der Waals surface area contributed by atoms with Crippen molar-refractivity contribution in [1.29, 1.82) is 0 Å². The molecule has 0 saturated heterocycles. The second-order valence-corrected chi connectivity index (χ2v) is 3.59. The predicted octanol–water partition coefficient (Wildman–Crippen LogP) is 1.47. The Bertz CT molecular complexity index is 469. The summed E-state index contributed by atoms with van der Waals surface area (Å²) < 4.78 is 10.1. The van der Waals surface area contributed by atoms with E-state index in [0.717, 1.165) is 0 Å². The number of carboxylic acid groups (broad SMARTS) is 1. The fraction of sp³-hybridized carbons (Fsp3) is 0.200. The van der Waals surface area contributed by atoms with Gasteiger partial charge in [0.2, 0.25) is 0 Å². The van der Waals surface area contributed by atoms with Gasteiger partial charge in [-0.1, -0.05) is 11.6 Å². The average Bonchev–Trinajstić information content (AvgIpc) is 2.27. The fourth-order valence-electron chi connectivity index (χ4n) is 1.39. The molecule has 6 heteroatoms. The molecule has 16 heavy (non-hydrogen) atoms. The molecule has 1 aliphatic rings. The molecule has 5 nitrogen and oxygen atoms in total. The molecule has 0 spiro atoms. The first-order valence-electron chi connectivity index (χ1n) is 4.40. The monoisotopic (exact) mass is 242 g/mol. The maximum Gasteiger partial charge on any atom is 0.377 e. The highest BCUT2D eigenvalue weighted by atomic mass is 35.5. The summed E-state index contributed by atoms with van der Waals surface area (Å²) in [5.74, 6) is -2.17. The summed E-state index contributed by atoms with van der Waals surface area (Å²) in [6.45, 7) is 0.409. The van der Waals surface area contributed by atoms with Gasteiger partial charge in [0.1, 0.15) is 5.75 Å². The molecular formula is C10H7ClO5. The highest BCUT2D eigenvalue weighted by Gasteiger charge is 2.22. The van der Waals surface area contributed by atoms with Gasteiger partial charge in [0.05, 0.1) is 17.2 Å². The maximum absolute atomic E-state index is 11.3. The van der Waals surface area contributed by atoms with Crippen LogP contribution in [0.3, 0.4) is 0 Å². The van der Waals surface area contributed by atoms with E-state index in [9.17, 15) is 9.59 Å². The van der Waals surface area contributed by atoms with Crippen molar-refractivity contribution in [3.05, 3.63) is 28.3 Å². The van der Waals surface area contributed by atoms with E-state index in [-0.39, 0.29) is 17.4 Å². The van der Waals surface area contributed by atoms with Crippen molar-refractivity contribution in [2.45, 2.75) is 6.61 Å². The van der Waals surface area contributed by atoms with Gasteiger partial charge in [-0.2, -0.15) is 0 Å². The smallest absolute Gasteiger partial charge is 0.377 e. The minimum absolute atomic E-state index is 0.0742.